The average molecular weight is 254 g/mol. The van der Waals surface area contributed by atoms with Gasteiger partial charge in [-0.15, -0.1) is 12.8 Å². The smallest absolute Gasteiger partial charge is 0.0411 e. The summed E-state index contributed by atoms with van der Waals surface area (Å²) in [6.07, 6.45) is 16.4. The Labute approximate surface area is 116 Å². The number of hydrogen-bond donors (Lipinski definition) is 0. The van der Waals surface area contributed by atoms with Crippen molar-refractivity contribution in [3.63, 3.8) is 0 Å². The van der Waals surface area contributed by atoms with E-state index < -0.39 is 0 Å². The molecule has 0 fully saturated rings. The SMILES string of the molecule is C#Cc1cccc2cc3c(c(C#C)c12)CC=CC3=[Si]. The van der Waals surface area contributed by atoms with Crippen molar-refractivity contribution in [2.45, 2.75) is 6.42 Å². The molecule has 0 saturated carbocycles. The minimum absolute atomic E-state index is 0.845. The Morgan fingerprint density at radius 1 is 1.16 bits per heavy atom. The quantitative estimate of drug-likeness (QED) is 0.501. The third kappa shape index (κ3) is 1.68. The van der Waals surface area contributed by atoms with Crippen molar-refractivity contribution in [3.8, 4) is 24.7 Å². The summed E-state index contributed by atoms with van der Waals surface area (Å²) in [5.74, 6) is 5.56. The van der Waals surface area contributed by atoms with Crippen molar-refractivity contribution in [2.75, 3.05) is 0 Å². The van der Waals surface area contributed by atoms with Crippen LogP contribution in [0, 0.1) is 24.7 Å². The summed E-state index contributed by atoms with van der Waals surface area (Å²) in [7, 11) is 3.65. The predicted octanol–water partition coefficient (Wildman–Crippen LogP) is 2.60. The van der Waals surface area contributed by atoms with Crippen molar-refractivity contribution in [2.24, 2.45) is 0 Å². The van der Waals surface area contributed by atoms with Gasteiger partial charge in [-0.3, -0.25) is 0 Å². The van der Waals surface area contributed by atoms with Crippen LogP contribution in [0.15, 0.2) is 36.4 Å². The fourth-order valence-electron chi connectivity index (χ4n) is 2.61. The molecule has 1 heteroatoms. The van der Waals surface area contributed by atoms with Gasteiger partial charge in [0.2, 0.25) is 0 Å². The molecule has 0 aliphatic heterocycles. The summed E-state index contributed by atoms with van der Waals surface area (Å²) in [6.45, 7) is 0. The van der Waals surface area contributed by atoms with Crippen LogP contribution in [0.5, 0.6) is 0 Å². The Hall–Kier alpha value is -2.35. The zero-order chi connectivity index (χ0) is 13.4. The molecule has 0 aromatic heterocycles. The van der Waals surface area contributed by atoms with Gasteiger partial charge < -0.3 is 0 Å². The second kappa shape index (κ2) is 4.39. The molecule has 0 unspecified atom stereocenters. The topological polar surface area (TPSA) is 0 Å². The maximum absolute atomic E-state index is 5.74. The molecule has 86 valence electrons. The Bertz CT molecular complexity index is 823. The molecule has 3 rings (SSSR count). The first-order valence-corrected chi connectivity index (χ1v) is 6.53. The Morgan fingerprint density at radius 2 is 2.00 bits per heavy atom. The molecular weight excluding hydrogens is 244 g/mol. The van der Waals surface area contributed by atoms with E-state index in [1.807, 2.05) is 12.1 Å². The molecule has 0 N–H and O–H groups in total. The molecule has 0 atom stereocenters. The summed E-state index contributed by atoms with van der Waals surface area (Å²) < 4.78 is 0. The van der Waals surface area contributed by atoms with E-state index in [0.29, 0.717) is 0 Å². The van der Waals surface area contributed by atoms with Crippen LogP contribution in [-0.4, -0.2) is 15.0 Å². The summed E-state index contributed by atoms with van der Waals surface area (Å²) >= 11 is 0. The fourth-order valence-corrected chi connectivity index (χ4v) is 2.95. The van der Waals surface area contributed by atoms with E-state index in [0.717, 1.165) is 39.1 Å². The predicted molar refractivity (Wildman–Crippen MR) is 82.5 cm³/mol. The first kappa shape index (κ1) is 11.7. The molecule has 0 saturated heterocycles. The molecule has 0 nitrogen and oxygen atoms in total. The van der Waals surface area contributed by atoms with Crippen LogP contribution in [0.1, 0.15) is 22.3 Å². The van der Waals surface area contributed by atoms with Crippen molar-refractivity contribution in [1.82, 2.24) is 0 Å². The van der Waals surface area contributed by atoms with Crippen LogP contribution in [0.4, 0.5) is 0 Å². The van der Waals surface area contributed by atoms with Crippen molar-refractivity contribution < 1.29 is 0 Å². The molecule has 0 bridgehead atoms. The number of benzene rings is 2. The standard InChI is InChI=1S/C18H10Si/c1-3-12-7-5-8-13-11-16-15(9-6-10-17(16)19)14(4-2)18(12)13/h1-2,5-8,10-11H,9H2. The third-order valence-corrected chi connectivity index (χ3v) is 3.91. The van der Waals surface area contributed by atoms with E-state index in [1.165, 1.54) is 5.56 Å². The highest BCUT2D eigenvalue weighted by Crippen LogP contribution is 2.30. The lowest BCUT2D eigenvalue weighted by atomic mass is 9.86. The lowest BCUT2D eigenvalue weighted by molar-refractivity contribution is 1.24. The molecule has 1 aliphatic rings. The maximum Gasteiger partial charge on any atom is 0.0411 e. The maximum atomic E-state index is 5.74. The number of rotatable bonds is 0. The van der Waals surface area contributed by atoms with E-state index in [1.54, 1.807) is 0 Å². The average Bonchev–Trinajstić information content (AvgIpc) is 2.45. The van der Waals surface area contributed by atoms with E-state index in [4.69, 9.17) is 12.8 Å². The normalized spacial score (nSPS) is 12.8. The van der Waals surface area contributed by atoms with Gasteiger partial charge in [0.15, 0.2) is 0 Å². The van der Waals surface area contributed by atoms with Crippen LogP contribution >= 0.6 is 0 Å². The molecule has 0 heterocycles. The van der Waals surface area contributed by atoms with E-state index in [2.05, 4.69) is 46.0 Å². The van der Waals surface area contributed by atoms with Crippen LogP contribution in [0.25, 0.3) is 10.8 Å². The molecule has 19 heavy (non-hydrogen) atoms. The summed E-state index contributed by atoms with van der Waals surface area (Å²) in [5, 5.41) is 3.17. The molecular formula is C18H10Si. The summed E-state index contributed by atoms with van der Waals surface area (Å²) in [6, 6.07) is 8.11. The lowest BCUT2D eigenvalue weighted by Gasteiger charge is -2.18. The first-order valence-electron chi connectivity index (χ1n) is 6.03. The molecule has 2 radical (unpaired) electrons. The van der Waals surface area contributed by atoms with E-state index in [9.17, 15) is 0 Å². The summed E-state index contributed by atoms with van der Waals surface area (Å²) in [5.41, 5.74) is 4.11. The minimum atomic E-state index is 0.845. The number of allylic oxidation sites excluding steroid dienone is 2. The van der Waals surface area contributed by atoms with Crippen molar-refractivity contribution in [1.29, 1.82) is 0 Å². The zero-order valence-electron chi connectivity index (χ0n) is 10.3. The van der Waals surface area contributed by atoms with Gasteiger partial charge in [-0.05, 0) is 40.2 Å². The van der Waals surface area contributed by atoms with Crippen LogP contribution < -0.4 is 0 Å². The molecule has 2 aromatic rings. The van der Waals surface area contributed by atoms with E-state index >= 15 is 0 Å². The van der Waals surface area contributed by atoms with Gasteiger partial charge in [0, 0.05) is 26.4 Å². The Kier molecular flexibility index (Phi) is 2.71. The van der Waals surface area contributed by atoms with Crippen molar-refractivity contribution >= 4 is 25.8 Å². The monoisotopic (exact) mass is 254 g/mol. The van der Waals surface area contributed by atoms with Crippen molar-refractivity contribution in [3.05, 3.63) is 58.7 Å². The minimum Gasteiger partial charge on any atom is -0.115 e. The van der Waals surface area contributed by atoms with Crippen LogP contribution in [-0.2, 0) is 6.42 Å². The molecule has 2 aromatic carbocycles. The van der Waals surface area contributed by atoms with Gasteiger partial charge in [-0.2, -0.15) is 0 Å². The lowest BCUT2D eigenvalue weighted by Crippen LogP contribution is -2.09. The third-order valence-electron chi connectivity index (χ3n) is 3.47. The number of terminal acetylenes is 2. The highest BCUT2D eigenvalue weighted by atomic mass is 28.1. The highest BCUT2D eigenvalue weighted by molar-refractivity contribution is 6.48. The second-order valence-electron chi connectivity index (χ2n) is 4.49. The van der Waals surface area contributed by atoms with Gasteiger partial charge in [0.25, 0.3) is 0 Å². The fraction of sp³-hybridized carbons (Fsp3) is 0.0556. The van der Waals surface area contributed by atoms with Gasteiger partial charge in [-0.1, -0.05) is 36.1 Å². The van der Waals surface area contributed by atoms with Gasteiger partial charge in [0.1, 0.15) is 0 Å². The Morgan fingerprint density at radius 3 is 2.74 bits per heavy atom. The largest absolute Gasteiger partial charge is 0.115 e. The second-order valence-corrected chi connectivity index (χ2v) is 5.03. The summed E-state index contributed by atoms with van der Waals surface area (Å²) in [4.78, 5) is 0. The van der Waals surface area contributed by atoms with Gasteiger partial charge in [-0.25, -0.2) is 0 Å². The molecule has 0 spiro atoms. The number of fused-ring (bicyclic) bond motifs is 2. The Balaban J connectivity index is 2.53. The first-order chi connectivity index (χ1) is 9.26. The van der Waals surface area contributed by atoms with Crippen LogP contribution in [0.3, 0.4) is 0 Å². The zero-order valence-corrected chi connectivity index (χ0v) is 11.3. The van der Waals surface area contributed by atoms with Gasteiger partial charge in [0.05, 0.1) is 0 Å². The van der Waals surface area contributed by atoms with Crippen LogP contribution in [0.2, 0.25) is 0 Å². The number of hydrogen-bond acceptors (Lipinski definition) is 0. The molecule has 1 aliphatic carbocycles. The highest BCUT2D eigenvalue weighted by Gasteiger charge is 2.16. The van der Waals surface area contributed by atoms with Gasteiger partial charge >= 0.3 is 0 Å². The molecule has 0 amide bonds. The van der Waals surface area contributed by atoms with E-state index in [-0.39, 0.29) is 0 Å².